The molecule has 1 aromatic carbocycles. The second kappa shape index (κ2) is 7.62. The molecular weight excluding hydrogens is 371 g/mol. The highest BCUT2D eigenvalue weighted by atomic mass is 19.4. The zero-order valence-electron chi connectivity index (χ0n) is 14.4. The molecule has 0 radical (unpaired) electrons. The molecule has 2 aromatic rings. The standard InChI is InChI=1S/C16H16F3N3O5/c1-9(22(24-2)13(23)14-25-7-8-26-14)10-3-5-11(6-4-10)12-20-15(27-21-12)16(17,18)19/h3-6,9,14H,7-8H2,1-2H3. The molecule has 0 N–H and O–H groups in total. The normalized spacial score (nSPS) is 16.5. The van der Waals surface area contributed by atoms with Crippen LogP contribution in [0.4, 0.5) is 13.2 Å². The van der Waals surface area contributed by atoms with Crippen molar-refractivity contribution in [2.75, 3.05) is 20.3 Å². The van der Waals surface area contributed by atoms with Crippen molar-refractivity contribution in [1.29, 1.82) is 0 Å². The van der Waals surface area contributed by atoms with Gasteiger partial charge in [-0.15, -0.1) is 0 Å². The van der Waals surface area contributed by atoms with E-state index in [2.05, 4.69) is 14.7 Å². The maximum Gasteiger partial charge on any atom is 0.471 e. The summed E-state index contributed by atoms with van der Waals surface area (Å²) in [7, 11) is 1.34. The Bertz CT molecular complexity index is 787. The molecular formula is C16H16F3N3O5. The maximum absolute atomic E-state index is 12.6. The van der Waals surface area contributed by atoms with Crippen LogP contribution in [0.5, 0.6) is 0 Å². The first-order valence-corrected chi connectivity index (χ1v) is 7.93. The molecule has 0 saturated carbocycles. The molecule has 1 fully saturated rings. The van der Waals surface area contributed by atoms with Crippen LogP contribution < -0.4 is 0 Å². The molecule has 1 amide bonds. The van der Waals surface area contributed by atoms with Crippen molar-refractivity contribution >= 4 is 5.91 Å². The lowest BCUT2D eigenvalue weighted by Crippen LogP contribution is -2.40. The summed E-state index contributed by atoms with van der Waals surface area (Å²) in [6.45, 7) is 2.37. The van der Waals surface area contributed by atoms with Crippen LogP contribution in [0.2, 0.25) is 0 Å². The van der Waals surface area contributed by atoms with E-state index in [4.69, 9.17) is 14.3 Å². The fraction of sp³-hybridized carbons (Fsp3) is 0.438. The predicted molar refractivity (Wildman–Crippen MR) is 82.7 cm³/mol. The smallest absolute Gasteiger partial charge is 0.342 e. The lowest BCUT2D eigenvalue weighted by molar-refractivity contribution is -0.210. The van der Waals surface area contributed by atoms with E-state index in [9.17, 15) is 18.0 Å². The summed E-state index contributed by atoms with van der Waals surface area (Å²) in [5, 5.41) is 4.44. The summed E-state index contributed by atoms with van der Waals surface area (Å²) in [4.78, 5) is 20.9. The van der Waals surface area contributed by atoms with E-state index in [-0.39, 0.29) is 5.82 Å². The van der Waals surface area contributed by atoms with Gasteiger partial charge in [0.2, 0.25) is 12.1 Å². The third kappa shape index (κ3) is 4.10. The van der Waals surface area contributed by atoms with Crippen LogP contribution in [0.3, 0.4) is 0 Å². The zero-order chi connectivity index (χ0) is 19.6. The SMILES string of the molecule is CON(C(=O)C1OCCO1)C(C)c1ccc(-c2noc(C(F)(F)F)n2)cc1. The first-order chi connectivity index (χ1) is 12.8. The van der Waals surface area contributed by atoms with Crippen LogP contribution in [0.1, 0.15) is 24.4 Å². The quantitative estimate of drug-likeness (QED) is 0.729. The highest BCUT2D eigenvalue weighted by molar-refractivity contribution is 5.79. The average molecular weight is 387 g/mol. The Morgan fingerprint density at radius 3 is 2.41 bits per heavy atom. The van der Waals surface area contributed by atoms with Crippen molar-refractivity contribution < 1.29 is 36.8 Å². The third-order valence-corrected chi connectivity index (χ3v) is 3.91. The molecule has 27 heavy (non-hydrogen) atoms. The van der Waals surface area contributed by atoms with E-state index < -0.39 is 30.3 Å². The van der Waals surface area contributed by atoms with Crippen molar-refractivity contribution in [1.82, 2.24) is 15.2 Å². The minimum absolute atomic E-state index is 0.186. The summed E-state index contributed by atoms with van der Waals surface area (Å²) in [6, 6.07) is 5.80. The van der Waals surface area contributed by atoms with Gasteiger partial charge >= 0.3 is 18.0 Å². The van der Waals surface area contributed by atoms with Gasteiger partial charge in [-0.25, -0.2) is 5.06 Å². The number of carbonyl (C=O) groups is 1. The van der Waals surface area contributed by atoms with Crippen LogP contribution in [0.15, 0.2) is 28.8 Å². The number of hydrogen-bond donors (Lipinski definition) is 0. The van der Waals surface area contributed by atoms with Crippen molar-refractivity contribution in [3.63, 3.8) is 0 Å². The molecule has 1 unspecified atom stereocenters. The summed E-state index contributed by atoms with van der Waals surface area (Å²) in [5.74, 6) is -2.09. The van der Waals surface area contributed by atoms with Gasteiger partial charge in [-0.05, 0) is 12.5 Å². The van der Waals surface area contributed by atoms with Gasteiger partial charge in [0.25, 0.3) is 0 Å². The van der Waals surface area contributed by atoms with E-state index in [1.807, 2.05) is 0 Å². The maximum atomic E-state index is 12.6. The Morgan fingerprint density at radius 2 is 1.89 bits per heavy atom. The molecule has 0 spiro atoms. The molecule has 1 saturated heterocycles. The highest BCUT2D eigenvalue weighted by Crippen LogP contribution is 2.30. The minimum atomic E-state index is -4.70. The Hall–Kier alpha value is -2.50. The number of nitrogens with zero attached hydrogens (tertiary/aromatic N) is 3. The minimum Gasteiger partial charge on any atom is -0.342 e. The van der Waals surface area contributed by atoms with Crippen molar-refractivity contribution in [2.24, 2.45) is 0 Å². The van der Waals surface area contributed by atoms with Gasteiger partial charge in [-0.3, -0.25) is 9.63 Å². The van der Waals surface area contributed by atoms with Crippen molar-refractivity contribution in [3.8, 4) is 11.4 Å². The topological polar surface area (TPSA) is 86.9 Å². The largest absolute Gasteiger partial charge is 0.471 e. The van der Waals surface area contributed by atoms with Crippen LogP contribution in [0.25, 0.3) is 11.4 Å². The fourth-order valence-electron chi connectivity index (χ4n) is 2.55. The van der Waals surface area contributed by atoms with Gasteiger partial charge in [-0.2, -0.15) is 18.2 Å². The molecule has 146 valence electrons. The molecule has 11 heteroatoms. The van der Waals surface area contributed by atoms with Gasteiger partial charge in [-0.1, -0.05) is 29.4 Å². The number of halogens is 3. The van der Waals surface area contributed by atoms with Crippen molar-refractivity contribution in [3.05, 3.63) is 35.7 Å². The molecule has 2 heterocycles. The Balaban J connectivity index is 1.75. The van der Waals surface area contributed by atoms with Gasteiger partial charge in [0.05, 0.1) is 26.4 Å². The molecule has 3 rings (SSSR count). The average Bonchev–Trinajstić information content (AvgIpc) is 3.33. The predicted octanol–water partition coefficient (Wildman–Crippen LogP) is 2.58. The first kappa shape index (κ1) is 19.3. The number of benzene rings is 1. The zero-order valence-corrected chi connectivity index (χ0v) is 14.4. The van der Waals surface area contributed by atoms with Crippen molar-refractivity contribution in [2.45, 2.75) is 25.4 Å². The van der Waals surface area contributed by atoms with Gasteiger partial charge in [0.1, 0.15) is 0 Å². The molecule has 0 aliphatic carbocycles. The molecule has 1 aliphatic rings. The highest BCUT2D eigenvalue weighted by Gasteiger charge is 2.38. The number of rotatable bonds is 5. The summed E-state index contributed by atoms with van der Waals surface area (Å²) in [6.07, 6.45) is -5.73. The van der Waals surface area contributed by atoms with Gasteiger partial charge < -0.3 is 14.0 Å². The molecule has 8 nitrogen and oxygen atoms in total. The van der Waals surface area contributed by atoms with E-state index in [1.165, 1.54) is 19.2 Å². The third-order valence-electron chi connectivity index (χ3n) is 3.91. The van der Waals surface area contributed by atoms with Crippen LogP contribution in [-0.4, -0.2) is 47.7 Å². The van der Waals surface area contributed by atoms with Crippen LogP contribution >= 0.6 is 0 Å². The number of ether oxygens (including phenoxy) is 2. The van der Waals surface area contributed by atoms with E-state index >= 15 is 0 Å². The van der Waals surface area contributed by atoms with E-state index in [0.717, 1.165) is 5.06 Å². The molecule has 0 bridgehead atoms. The Morgan fingerprint density at radius 1 is 1.26 bits per heavy atom. The summed E-state index contributed by atoms with van der Waals surface area (Å²) in [5.41, 5.74) is 1.01. The van der Waals surface area contributed by atoms with E-state index in [0.29, 0.717) is 24.3 Å². The monoisotopic (exact) mass is 387 g/mol. The van der Waals surface area contributed by atoms with Gasteiger partial charge in [0.15, 0.2) is 0 Å². The summed E-state index contributed by atoms with van der Waals surface area (Å²) < 4.78 is 52.2. The lowest BCUT2D eigenvalue weighted by atomic mass is 10.1. The number of hydroxylamine groups is 2. The van der Waals surface area contributed by atoms with Crippen LogP contribution in [0, 0.1) is 0 Å². The molecule has 1 atom stereocenters. The number of alkyl halides is 3. The van der Waals surface area contributed by atoms with Crippen LogP contribution in [-0.2, 0) is 25.3 Å². The number of carbonyl (C=O) groups excluding carboxylic acids is 1. The lowest BCUT2D eigenvalue weighted by Gasteiger charge is -2.28. The number of aromatic nitrogens is 2. The fourth-order valence-corrected chi connectivity index (χ4v) is 2.55. The Labute approximate surface area is 151 Å². The second-order valence-corrected chi connectivity index (χ2v) is 5.64. The first-order valence-electron chi connectivity index (χ1n) is 7.93. The number of hydrogen-bond acceptors (Lipinski definition) is 7. The Kier molecular flexibility index (Phi) is 5.44. The second-order valence-electron chi connectivity index (χ2n) is 5.64. The number of amides is 1. The molecule has 1 aromatic heterocycles. The van der Waals surface area contributed by atoms with Gasteiger partial charge in [0, 0.05) is 5.56 Å². The molecule has 1 aliphatic heterocycles. The van der Waals surface area contributed by atoms with E-state index in [1.54, 1.807) is 19.1 Å². The summed E-state index contributed by atoms with van der Waals surface area (Å²) >= 11 is 0.